The number of nitrogens with zero attached hydrogens (tertiary/aromatic N) is 2. The van der Waals surface area contributed by atoms with Crippen LogP contribution in [0.2, 0.25) is 0 Å². The van der Waals surface area contributed by atoms with E-state index in [1.54, 1.807) is 25.1 Å². The minimum absolute atomic E-state index is 0.0195. The molecular formula is C25H31F2N3O7. The quantitative estimate of drug-likeness (QED) is 0.382. The lowest BCUT2D eigenvalue weighted by Gasteiger charge is -2.31. The van der Waals surface area contributed by atoms with Crippen LogP contribution in [0.4, 0.5) is 8.78 Å². The van der Waals surface area contributed by atoms with Crippen LogP contribution in [0.5, 0.6) is 5.75 Å². The van der Waals surface area contributed by atoms with Gasteiger partial charge in [0.25, 0.3) is 11.8 Å². The monoisotopic (exact) mass is 523 g/mol. The number of amides is 2. The number of ether oxygens (including phenoxy) is 2. The summed E-state index contributed by atoms with van der Waals surface area (Å²) in [6, 6.07) is 5.32. The molecule has 202 valence electrons. The standard InChI is InChI=1S/C25H31F2N3O7/c1-2-18(21(32)23-28-10-13-36-23)29-22(33)17(20(31)24(34)30-11-14-35-15-12-30)8-5-7-16-6-3-4-9-19(16)37-25(26)27/h3-4,6,9-10,13,17-18,20,25,31H,2,5,7-8,11-12,14-15H2,1H3,(H,29,33)/t17-,18-,20+/m0/s1. The number of aryl methyl sites for hydroxylation is 1. The van der Waals surface area contributed by atoms with Gasteiger partial charge in [-0.1, -0.05) is 25.1 Å². The lowest BCUT2D eigenvalue weighted by molar-refractivity contribution is -0.151. The first-order chi connectivity index (χ1) is 17.8. The summed E-state index contributed by atoms with van der Waals surface area (Å²) in [5, 5.41) is 13.6. The zero-order valence-electron chi connectivity index (χ0n) is 20.5. The van der Waals surface area contributed by atoms with Crippen molar-refractivity contribution in [2.75, 3.05) is 26.3 Å². The van der Waals surface area contributed by atoms with Crippen molar-refractivity contribution in [2.45, 2.75) is 51.4 Å². The van der Waals surface area contributed by atoms with E-state index in [0.29, 0.717) is 18.8 Å². The molecule has 12 heteroatoms. The first-order valence-corrected chi connectivity index (χ1v) is 12.1. The molecule has 0 unspecified atom stereocenters. The Labute approximate surface area is 212 Å². The Balaban J connectivity index is 1.73. The Hall–Kier alpha value is -3.38. The maximum Gasteiger partial charge on any atom is 0.387 e. The van der Waals surface area contributed by atoms with Gasteiger partial charge < -0.3 is 29.2 Å². The number of hydrogen-bond acceptors (Lipinski definition) is 8. The minimum Gasteiger partial charge on any atom is -0.442 e. The van der Waals surface area contributed by atoms with Crippen LogP contribution in [0.1, 0.15) is 42.4 Å². The van der Waals surface area contributed by atoms with Crippen molar-refractivity contribution in [3.8, 4) is 5.75 Å². The molecule has 37 heavy (non-hydrogen) atoms. The molecule has 1 aromatic carbocycles. The molecule has 0 saturated carbocycles. The molecule has 1 fully saturated rings. The predicted molar refractivity (Wildman–Crippen MR) is 126 cm³/mol. The predicted octanol–water partition coefficient (Wildman–Crippen LogP) is 2.21. The Kier molecular flexibility index (Phi) is 10.5. The van der Waals surface area contributed by atoms with E-state index in [-0.39, 0.29) is 50.4 Å². The SMILES string of the molecule is CC[C@H](NC(=O)[C@@H](CCCc1ccccc1OC(F)F)[C@@H](O)C(=O)N1CCOCC1)C(=O)c1ncco1. The summed E-state index contributed by atoms with van der Waals surface area (Å²) in [7, 11) is 0. The largest absolute Gasteiger partial charge is 0.442 e. The highest BCUT2D eigenvalue weighted by atomic mass is 19.3. The number of benzene rings is 1. The molecule has 2 N–H and O–H groups in total. The second kappa shape index (κ2) is 13.8. The van der Waals surface area contributed by atoms with Gasteiger partial charge in [-0.05, 0) is 37.3 Å². The van der Waals surface area contributed by atoms with Gasteiger partial charge in [0, 0.05) is 13.1 Å². The van der Waals surface area contributed by atoms with Gasteiger partial charge in [-0.25, -0.2) is 4.98 Å². The van der Waals surface area contributed by atoms with Crippen molar-refractivity contribution < 1.29 is 42.2 Å². The average Bonchev–Trinajstić information content (AvgIpc) is 3.44. The highest BCUT2D eigenvalue weighted by Gasteiger charge is 2.37. The molecule has 10 nitrogen and oxygen atoms in total. The lowest BCUT2D eigenvalue weighted by atomic mass is 9.91. The molecule has 2 amide bonds. The third-order valence-electron chi connectivity index (χ3n) is 6.13. The maximum atomic E-state index is 13.3. The van der Waals surface area contributed by atoms with Crippen molar-refractivity contribution in [2.24, 2.45) is 5.92 Å². The molecule has 0 spiro atoms. The molecule has 1 aliphatic rings. The van der Waals surface area contributed by atoms with E-state index in [1.807, 2.05) is 0 Å². The summed E-state index contributed by atoms with van der Waals surface area (Å²) in [6.07, 6.45) is 1.70. The second-order valence-electron chi connectivity index (χ2n) is 8.54. The van der Waals surface area contributed by atoms with Crippen molar-refractivity contribution in [3.63, 3.8) is 0 Å². The van der Waals surface area contributed by atoms with Crippen LogP contribution in [-0.2, 0) is 20.7 Å². The summed E-state index contributed by atoms with van der Waals surface area (Å²) in [5.74, 6) is -3.16. The number of rotatable bonds is 13. The van der Waals surface area contributed by atoms with Crippen LogP contribution >= 0.6 is 0 Å². The number of para-hydroxylation sites is 1. The highest BCUT2D eigenvalue weighted by Crippen LogP contribution is 2.24. The molecule has 0 bridgehead atoms. The molecule has 2 aromatic rings. The van der Waals surface area contributed by atoms with Crippen LogP contribution in [0, 0.1) is 5.92 Å². The zero-order chi connectivity index (χ0) is 26.8. The fraction of sp³-hybridized carbons (Fsp3) is 0.520. The van der Waals surface area contributed by atoms with E-state index in [9.17, 15) is 28.3 Å². The number of carbonyl (C=O) groups is 3. The molecule has 1 aliphatic heterocycles. The van der Waals surface area contributed by atoms with Gasteiger partial charge in [-0.2, -0.15) is 8.78 Å². The molecule has 1 aromatic heterocycles. The number of ketones is 1. The first-order valence-electron chi connectivity index (χ1n) is 12.1. The number of Topliss-reactive ketones (excluding diaryl/α,β-unsaturated/α-hetero) is 1. The second-order valence-corrected chi connectivity index (χ2v) is 8.54. The topological polar surface area (TPSA) is 131 Å². The van der Waals surface area contributed by atoms with E-state index in [0.717, 1.165) is 0 Å². The van der Waals surface area contributed by atoms with Gasteiger partial charge >= 0.3 is 6.61 Å². The van der Waals surface area contributed by atoms with Crippen LogP contribution in [0.3, 0.4) is 0 Å². The summed E-state index contributed by atoms with van der Waals surface area (Å²) in [4.78, 5) is 44.2. The third-order valence-corrected chi connectivity index (χ3v) is 6.13. The molecule has 3 rings (SSSR count). The fourth-order valence-electron chi connectivity index (χ4n) is 4.13. The molecule has 0 radical (unpaired) electrons. The number of alkyl halides is 2. The number of nitrogens with one attached hydrogen (secondary N) is 1. The smallest absolute Gasteiger partial charge is 0.387 e. The van der Waals surface area contributed by atoms with E-state index < -0.39 is 42.3 Å². The van der Waals surface area contributed by atoms with Gasteiger partial charge in [-0.3, -0.25) is 14.4 Å². The molecular weight excluding hydrogens is 492 g/mol. The van der Waals surface area contributed by atoms with Crippen molar-refractivity contribution in [1.29, 1.82) is 0 Å². The van der Waals surface area contributed by atoms with Crippen molar-refractivity contribution in [1.82, 2.24) is 15.2 Å². The summed E-state index contributed by atoms with van der Waals surface area (Å²) in [5.41, 5.74) is 0.501. The van der Waals surface area contributed by atoms with E-state index in [4.69, 9.17) is 9.15 Å². The van der Waals surface area contributed by atoms with Crippen LogP contribution in [-0.4, -0.2) is 77.6 Å². The number of carbonyl (C=O) groups excluding carboxylic acids is 3. The summed E-state index contributed by atoms with van der Waals surface area (Å²) < 4.78 is 40.3. The van der Waals surface area contributed by atoms with Gasteiger partial charge in [0.2, 0.25) is 11.7 Å². The Morgan fingerprint density at radius 2 is 1.95 bits per heavy atom. The summed E-state index contributed by atoms with van der Waals surface area (Å²) >= 11 is 0. The van der Waals surface area contributed by atoms with Crippen molar-refractivity contribution in [3.05, 3.63) is 48.2 Å². The number of aliphatic hydroxyl groups is 1. The Morgan fingerprint density at radius 3 is 2.59 bits per heavy atom. The number of morpholine rings is 1. The maximum absolute atomic E-state index is 13.3. The lowest BCUT2D eigenvalue weighted by Crippen LogP contribution is -2.52. The van der Waals surface area contributed by atoms with E-state index >= 15 is 0 Å². The molecule has 2 heterocycles. The van der Waals surface area contributed by atoms with Gasteiger partial charge in [0.15, 0.2) is 0 Å². The summed E-state index contributed by atoms with van der Waals surface area (Å²) in [6.45, 7) is -0.0981. The van der Waals surface area contributed by atoms with Crippen LogP contribution in [0.25, 0.3) is 0 Å². The van der Waals surface area contributed by atoms with Gasteiger partial charge in [0.1, 0.15) is 18.1 Å². The van der Waals surface area contributed by atoms with Crippen LogP contribution < -0.4 is 10.1 Å². The zero-order valence-corrected chi connectivity index (χ0v) is 20.5. The van der Waals surface area contributed by atoms with Gasteiger partial charge in [0.05, 0.1) is 31.4 Å². The average molecular weight is 524 g/mol. The number of halogens is 2. The Morgan fingerprint density at radius 1 is 1.22 bits per heavy atom. The number of hydrogen-bond donors (Lipinski definition) is 2. The molecule has 1 saturated heterocycles. The number of aliphatic hydroxyl groups excluding tert-OH is 1. The third kappa shape index (κ3) is 7.80. The molecule has 3 atom stereocenters. The van der Waals surface area contributed by atoms with E-state index in [1.165, 1.54) is 23.4 Å². The minimum atomic E-state index is -2.99. The van der Waals surface area contributed by atoms with Gasteiger partial charge in [-0.15, -0.1) is 0 Å². The van der Waals surface area contributed by atoms with Crippen LogP contribution in [0.15, 0.2) is 41.1 Å². The van der Waals surface area contributed by atoms with E-state index in [2.05, 4.69) is 15.0 Å². The highest BCUT2D eigenvalue weighted by molar-refractivity contribution is 5.99. The normalized spacial score (nSPS) is 16.2. The van der Waals surface area contributed by atoms with Crippen molar-refractivity contribution >= 4 is 17.6 Å². The Bertz CT molecular complexity index is 1030. The number of aromatic nitrogens is 1. The fourth-order valence-corrected chi connectivity index (χ4v) is 4.13. The molecule has 0 aliphatic carbocycles. The number of oxazole rings is 1. The first kappa shape index (κ1) is 28.2.